The third-order valence-electron chi connectivity index (χ3n) is 8.12. The van der Waals surface area contributed by atoms with Gasteiger partial charge in [0.2, 0.25) is 5.91 Å². The molecule has 0 unspecified atom stereocenters. The molecule has 1 aromatic carbocycles. The van der Waals surface area contributed by atoms with Crippen LogP contribution in [-0.4, -0.2) is 52.4 Å². The van der Waals surface area contributed by atoms with Gasteiger partial charge in [-0.3, -0.25) is 19.6 Å². The molecule has 4 atom stereocenters. The number of nitrogens with one attached hydrogen (secondary N) is 1. The van der Waals surface area contributed by atoms with Crippen LogP contribution in [0.4, 0.5) is 0 Å². The van der Waals surface area contributed by atoms with Crippen molar-refractivity contribution in [2.24, 2.45) is 11.8 Å². The largest absolute Gasteiger partial charge is 0.352 e. The van der Waals surface area contributed by atoms with Crippen molar-refractivity contribution < 1.29 is 4.79 Å². The van der Waals surface area contributed by atoms with Gasteiger partial charge in [0.15, 0.2) is 0 Å². The number of benzene rings is 1. The Hall–Kier alpha value is -2.24. The Bertz CT molecular complexity index is 887. The highest BCUT2D eigenvalue weighted by Gasteiger charge is 2.48. The molecule has 5 nitrogen and oxygen atoms in total. The molecule has 3 aliphatic rings. The van der Waals surface area contributed by atoms with Gasteiger partial charge in [0, 0.05) is 50.5 Å². The molecule has 1 amide bonds. The van der Waals surface area contributed by atoms with E-state index in [0.717, 1.165) is 42.8 Å². The second-order valence-electron chi connectivity index (χ2n) is 10.2. The summed E-state index contributed by atoms with van der Waals surface area (Å²) < 4.78 is 0. The molecule has 1 N–H and O–H groups in total. The Kier molecular flexibility index (Phi) is 7.37. The summed E-state index contributed by atoms with van der Waals surface area (Å²) in [4.78, 5) is 22.5. The number of aromatic nitrogens is 1. The zero-order chi connectivity index (χ0) is 22.5. The highest BCUT2D eigenvalue weighted by atomic mass is 16.1. The highest BCUT2D eigenvalue weighted by molar-refractivity contribution is 5.75. The molecule has 3 saturated heterocycles. The first-order valence-electron chi connectivity index (χ1n) is 13.0. The average molecular weight is 447 g/mol. The summed E-state index contributed by atoms with van der Waals surface area (Å²) >= 11 is 0. The fourth-order valence-corrected chi connectivity index (χ4v) is 6.74. The molecule has 0 radical (unpaired) electrons. The zero-order valence-electron chi connectivity index (χ0n) is 19.7. The second-order valence-corrected chi connectivity index (χ2v) is 10.2. The van der Waals surface area contributed by atoms with E-state index in [0.29, 0.717) is 19.0 Å². The molecule has 0 spiro atoms. The third-order valence-corrected chi connectivity index (χ3v) is 8.12. The molecule has 176 valence electrons. The maximum Gasteiger partial charge on any atom is 0.220 e. The number of pyridine rings is 1. The Morgan fingerprint density at radius 3 is 2.67 bits per heavy atom. The van der Waals surface area contributed by atoms with Crippen molar-refractivity contribution in [1.29, 1.82) is 0 Å². The molecular weight excluding hydrogens is 408 g/mol. The van der Waals surface area contributed by atoms with E-state index in [9.17, 15) is 4.79 Å². The van der Waals surface area contributed by atoms with Crippen LogP contribution in [-0.2, 0) is 17.9 Å². The molecule has 1 aromatic heterocycles. The van der Waals surface area contributed by atoms with Crippen molar-refractivity contribution in [2.45, 2.75) is 70.1 Å². The molecule has 0 aliphatic carbocycles. The number of rotatable bonds is 8. The van der Waals surface area contributed by atoms with Crippen LogP contribution in [0, 0.1) is 11.8 Å². The van der Waals surface area contributed by atoms with Crippen LogP contribution in [0.3, 0.4) is 0 Å². The first kappa shape index (κ1) is 22.5. The number of nitrogens with zero attached hydrogens (tertiary/aromatic N) is 3. The van der Waals surface area contributed by atoms with Gasteiger partial charge in [0.1, 0.15) is 0 Å². The third kappa shape index (κ3) is 5.47. The second kappa shape index (κ2) is 10.8. The number of hydrogen-bond donors (Lipinski definition) is 1. The molecule has 33 heavy (non-hydrogen) atoms. The van der Waals surface area contributed by atoms with Crippen molar-refractivity contribution >= 4 is 5.91 Å². The minimum atomic E-state index is 0.175. The van der Waals surface area contributed by atoms with Crippen LogP contribution in [0.5, 0.6) is 0 Å². The summed E-state index contributed by atoms with van der Waals surface area (Å²) in [5.41, 5.74) is 2.47. The fraction of sp³-hybridized carbons (Fsp3) is 0.571. The van der Waals surface area contributed by atoms with Gasteiger partial charge in [-0.25, -0.2) is 0 Å². The lowest BCUT2D eigenvalue weighted by Gasteiger charge is -2.57. The quantitative estimate of drug-likeness (QED) is 0.659. The molecule has 0 saturated carbocycles. The van der Waals surface area contributed by atoms with Crippen LogP contribution in [0.25, 0.3) is 0 Å². The van der Waals surface area contributed by atoms with E-state index in [4.69, 9.17) is 0 Å². The van der Waals surface area contributed by atoms with Crippen LogP contribution >= 0.6 is 0 Å². The SMILES string of the molecule is O=C(CCC[C@@H]1[C@H]2CCCN3CCC[C@@H](CN1Cc1cccnc1)[C@@H]23)NCc1ccccc1. The standard InChI is InChI=1S/C28H38N4O/c33-27(30-19-22-8-2-1-3-9-22)14-4-13-26-25-12-7-17-31-16-6-11-24(28(25)31)21-32(26)20-23-10-5-15-29-18-23/h1-3,5,8-10,15,18,24-26,28H,4,6-7,11-14,16-17,19-21H2,(H,30,33)/t24-,25+,26+,28-/m0/s1. The van der Waals surface area contributed by atoms with Gasteiger partial charge in [0.05, 0.1) is 0 Å². The summed E-state index contributed by atoms with van der Waals surface area (Å²) in [6.07, 6.45) is 12.0. The maximum atomic E-state index is 12.5. The summed E-state index contributed by atoms with van der Waals surface area (Å²) in [5.74, 6) is 1.71. The van der Waals surface area contributed by atoms with Crippen LogP contribution in [0.1, 0.15) is 56.1 Å². The van der Waals surface area contributed by atoms with Crippen LogP contribution < -0.4 is 5.32 Å². The van der Waals surface area contributed by atoms with Crippen molar-refractivity contribution in [1.82, 2.24) is 20.1 Å². The summed E-state index contributed by atoms with van der Waals surface area (Å²) in [7, 11) is 0. The van der Waals surface area contributed by atoms with E-state index in [-0.39, 0.29) is 5.91 Å². The average Bonchev–Trinajstić information content (AvgIpc) is 2.86. The van der Waals surface area contributed by atoms with Gasteiger partial charge in [0.25, 0.3) is 0 Å². The first-order chi connectivity index (χ1) is 16.3. The van der Waals surface area contributed by atoms with Crippen molar-refractivity contribution in [2.75, 3.05) is 19.6 Å². The van der Waals surface area contributed by atoms with E-state index in [2.05, 4.69) is 44.4 Å². The molecular formula is C28H38N4O. The number of piperidine rings is 3. The first-order valence-corrected chi connectivity index (χ1v) is 13.0. The van der Waals surface area contributed by atoms with Gasteiger partial charge >= 0.3 is 0 Å². The van der Waals surface area contributed by atoms with Crippen molar-refractivity contribution in [3.63, 3.8) is 0 Å². The predicted molar refractivity (Wildman–Crippen MR) is 131 cm³/mol. The smallest absolute Gasteiger partial charge is 0.220 e. The zero-order valence-corrected chi connectivity index (χ0v) is 19.7. The number of hydrogen-bond acceptors (Lipinski definition) is 4. The number of likely N-dealkylation sites (tertiary alicyclic amines) is 1. The lowest BCUT2D eigenvalue weighted by Crippen LogP contribution is -2.64. The van der Waals surface area contributed by atoms with Crippen molar-refractivity contribution in [3.05, 3.63) is 66.0 Å². The highest BCUT2D eigenvalue weighted by Crippen LogP contribution is 2.43. The molecule has 5 heteroatoms. The minimum absolute atomic E-state index is 0.175. The van der Waals surface area contributed by atoms with E-state index in [1.54, 1.807) is 0 Å². The summed E-state index contributed by atoms with van der Waals surface area (Å²) in [5, 5.41) is 3.11. The summed E-state index contributed by atoms with van der Waals surface area (Å²) in [6.45, 7) is 5.37. The topological polar surface area (TPSA) is 48.5 Å². The van der Waals surface area contributed by atoms with Crippen LogP contribution in [0.2, 0.25) is 0 Å². The van der Waals surface area contributed by atoms with Crippen molar-refractivity contribution in [3.8, 4) is 0 Å². The Morgan fingerprint density at radius 1 is 1.03 bits per heavy atom. The molecule has 4 heterocycles. The molecule has 3 aliphatic heterocycles. The fourth-order valence-electron chi connectivity index (χ4n) is 6.74. The summed E-state index contributed by atoms with van der Waals surface area (Å²) in [6, 6.07) is 15.8. The van der Waals surface area contributed by atoms with E-state index < -0.39 is 0 Å². The van der Waals surface area contributed by atoms with E-state index in [1.807, 2.05) is 30.6 Å². The van der Waals surface area contributed by atoms with Gasteiger partial charge in [-0.05, 0) is 80.6 Å². The maximum absolute atomic E-state index is 12.5. The monoisotopic (exact) mass is 446 g/mol. The van der Waals surface area contributed by atoms with E-state index in [1.165, 1.54) is 50.9 Å². The lowest BCUT2D eigenvalue weighted by molar-refractivity contribution is -0.121. The van der Waals surface area contributed by atoms with Gasteiger partial charge in [-0.1, -0.05) is 36.4 Å². The molecule has 2 aromatic rings. The number of carbonyl (C=O) groups is 1. The molecule has 5 rings (SSSR count). The van der Waals surface area contributed by atoms with Gasteiger partial charge in [-0.15, -0.1) is 0 Å². The Morgan fingerprint density at radius 2 is 1.85 bits per heavy atom. The Labute approximate surface area is 198 Å². The molecule has 3 fully saturated rings. The minimum Gasteiger partial charge on any atom is -0.352 e. The normalized spacial score (nSPS) is 27.6. The van der Waals surface area contributed by atoms with Gasteiger partial charge < -0.3 is 5.32 Å². The van der Waals surface area contributed by atoms with Crippen LogP contribution in [0.15, 0.2) is 54.9 Å². The number of carbonyl (C=O) groups excluding carboxylic acids is 1. The Balaban J connectivity index is 1.22. The number of amides is 1. The molecule has 0 bridgehead atoms. The van der Waals surface area contributed by atoms with E-state index >= 15 is 0 Å². The van der Waals surface area contributed by atoms with Gasteiger partial charge in [-0.2, -0.15) is 0 Å². The predicted octanol–water partition coefficient (Wildman–Crippen LogP) is 4.24. The lowest BCUT2D eigenvalue weighted by atomic mass is 9.69.